The minimum absolute atomic E-state index is 0.0116. The lowest BCUT2D eigenvalue weighted by Crippen LogP contribution is -2.43. The Kier molecular flexibility index (Phi) is 3.87. The van der Waals surface area contributed by atoms with Crippen LogP contribution in [0.5, 0.6) is 0 Å². The summed E-state index contributed by atoms with van der Waals surface area (Å²) < 4.78 is 0. The van der Waals surface area contributed by atoms with Crippen LogP contribution in [0.15, 0.2) is 35.1 Å². The monoisotopic (exact) mass is 286 g/mol. The van der Waals surface area contributed by atoms with Gasteiger partial charge in [0.05, 0.1) is 11.7 Å². The average Bonchev–Trinajstić information content (AvgIpc) is 2.95. The molecule has 1 saturated heterocycles. The largest absolute Gasteiger partial charge is 0.325 e. The zero-order chi connectivity index (χ0) is 14.7. The van der Waals surface area contributed by atoms with Crippen LogP contribution < -0.4 is 16.2 Å². The van der Waals surface area contributed by atoms with Crippen molar-refractivity contribution in [2.24, 2.45) is 0 Å². The van der Waals surface area contributed by atoms with E-state index in [1.165, 1.54) is 6.07 Å². The second kappa shape index (κ2) is 5.97. The van der Waals surface area contributed by atoms with Gasteiger partial charge in [0.1, 0.15) is 0 Å². The van der Waals surface area contributed by atoms with E-state index in [2.05, 4.69) is 20.8 Å². The first-order valence-corrected chi connectivity index (χ1v) is 7.15. The number of aromatic amines is 2. The highest BCUT2D eigenvalue weighted by Crippen LogP contribution is 2.18. The number of carbonyl (C=O) groups is 1. The Hall–Kier alpha value is -2.34. The topological polar surface area (TPSA) is 89.8 Å². The molecule has 2 aromatic rings. The van der Waals surface area contributed by atoms with E-state index in [1.54, 1.807) is 0 Å². The summed E-state index contributed by atoms with van der Waals surface area (Å²) in [6, 6.07) is 8.80. The van der Waals surface area contributed by atoms with E-state index in [1.807, 2.05) is 24.3 Å². The summed E-state index contributed by atoms with van der Waals surface area (Å²) in [6.07, 6.45) is 3.10. The number of H-pyrrole nitrogens is 2. The first-order valence-electron chi connectivity index (χ1n) is 7.15. The Morgan fingerprint density at radius 3 is 2.57 bits per heavy atom. The molecule has 0 aliphatic carbocycles. The fourth-order valence-corrected chi connectivity index (χ4v) is 2.53. The van der Waals surface area contributed by atoms with Crippen molar-refractivity contribution < 1.29 is 4.79 Å². The van der Waals surface area contributed by atoms with Gasteiger partial charge in [-0.15, -0.1) is 0 Å². The van der Waals surface area contributed by atoms with Crippen molar-refractivity contribution in [1.82, 2.24) is 15.5 Å². The molecule has 1 aliphatic rings. The third-order valence-electron chi connectivity index (χ3n) is 3.69. The van der Waals surface area contributed by atoms with Crippen molar-refractivity contribution in [3.63, 3.8) is 0 Å². The van der Waals surface area contributed by atoms with E-state index >= 15 is 0 Å². The van der Waals surface area contributed by atoms with Crippen LogP contribution in [0.4, 0.5) is 5.69 Å². The molecule has 1 aromatic heterocycles. The summed E-state index contributed by atoms with van der Waals surface area (Å²) in [5.74, 6) is 0.0116. The van der Waals surface area contributed by atoms with Crippen LogP contribution in [0, 0.1) is 0 Å². The smallest absolute Gasteiger partial charge is 0.264 e. The number of nitrogens with one attached hydrogen (secondary N) is 4. The van der Waals surface area contributed by atoms with Gasteiger partial charge in [-0.1, -0.05) is 18.6 Å². The SMILES string of the molecule is O=C(Nc1ccc(-c2cc(=O)[nH][nH]2)cc1)[C@H]1CCCCN1. The molecule has 2 heterocycles. The molecule has 1 atom stereocenters. The first kappa shape index (κ1) is 13.6. The first-order chi connectivity index (χ1) is 10.2. The van der Waals surface area contributed by atoms with Gasteiger partial charge in [-0.25, -0.2) is 0 Å². The highest BCUT2D eigenvalue weighted by Gasteiger charge is 2.20. The van der Waals surface area contributed by atoms with E-state index in [4.69, 9.17) is 0 Å². The molecule has 0 radical (unpaired) electrons. The lowest BCUT2D eigenvalue weighted by Gasteiger charge is -2.22. The Labute approximate surface area is 121 Å². The molecule has 1 aromatic carbocycles. The molecule has 1 aliphatic heterocycles. The molecule has 1 fully saturated rings. The minimum atomic E-state index is -0.161. The van der Waals surface area contributed by atoms with Crippen LogP contribution in [0.25, 0.3) is 11.3 Å². The van der Waals surface area contributed by atoms with Crippen molar-refractivity contribution in [2.75, 3.05) is 11.9 Å². The number of hydrogen-bond donors (Lipinski definition) is 4. The van der Waals surface area contributed by atoms with Crippen LogP contribution in [0.3, 0.4) is 0 Å². The fraction of sp³-hybridized carbons (Fsp3) is 0.333. The second-order valence-electron chi connectivity index (χ2n) is 5.24. The highest BCUT2D eigenvalue weighted by molar-refractivity contribution is 5.95. The van der Waals surface area contributed by atoms with Crippen molar-refractivity contribution in [2.45, 2.75) is 25.3 Å². The number of carbonyl (C=O) groups excluding carboxylic acids is 1. The molecular weight excluding hydrogens is 268 g/mol. The zero-order valence-corrected chi connectivity index (χ0v) is 11.6. The van der Waals surface area contributed by atoms with Gasteiger partial charge in [0, 0.05) is 11.8 Å². The number of hydrogen-bond acceptors (Lipinski definition) is 3. The van der Waals surface area contributed by atoms with Gasteiger partial charge in [0.2, 0.25) is 5.91 Å². The van der Waals surface area contributed by atoms with Crippen molar-refractivity contribution in [3.05, 3.63) is 40.7 Å². The predicted octanol–water partition coefficient (Wildman–Crippen LogP) is 1.45. The molecule has 110 valence electrons. The quantitative estimate of drug-likeness (QED) is 0.688. The molecule has 1 amide bonds. The summed E-state index contributed by atoms with van der Waals surface area (Å²) in [7, 11) is 0. The minimum Gasteiger partial charge on any atom is -0.325 e. The Morgan fingerprint density at radius 2 is 1.95 bits per heavy atom. The lowest BCUT2D eigenvalue weighted by atomic mass is 10.0. The third kappa shape index (κ3) is 3.22. The van der Waals surface area contributed by atoms with Gasteiger partial charge in [0.25, 0.3) is 5.56 Å². The Morgan fingerprint density at radius 1 is 1.14 bits per heavy atom. The van der Waals surface area contributed by atoms with E-state index in [-0.39, 0.29) is 17.5 Å². The summed E-state index contributed by atoms with van der Waals surface area (Å²) in [5.41, 5.74) is 2.22. The summed E-state index contributed by atoms with van der Waals surface area (Å²) in [6.45, 7) is 0.901. The molecule has 0 saturated carbocycles. The van der Waals surface area contributed by atoms with E-state index in [9.17, 15) is 9.59 Å². The van der Waals surface area contributed by atoms with Crippen LogP contribution in [-0.2, 0) is 4.79 Å². The third-order valence-corrected chi connectivity index (χ3v) is 3.69. The van der Waals surface area contributed by atoms with Gasteiger partial charge in [0.15, 0.2) is 0 Å². The number of benzene rings is 1. The van der Waals surface area contributed by atoms with Crippen molar-refractivity contribution >= 4 is 11.6 Å². The van der Waals surface area contributed by atoms with Crippen LogP contribution in [0.2, 0.25) is 0 Å². The maximum Gasteiger partial charge on any atom is 0.264 e. The number of amides is 1. The number of piperidine rings is 1. The van der Waals surface area contributed by atoms with Crippen molar-refractivity contribution in [1.29, 1.82) is 0 Å². The molecule has 6 heteroatoms. The second-order valence-corrected chi connectivity index (χ2v) is 5.24. The summed E-state index contributed by atoms with van der Waals surface area (Å²) in [5, 5.41) is 11.4. The number of anilines is 1. The molecule has 4 N–H and O–H groups in total. The molecule has 21 heavy (non-hydrogen) atoms. The predicted molar refractivity (Wildman–Crippen MR) is 81.1 cm³/mol. The summed E-state index contributed by atoms with van der Waals surface area (Å²) in [4.78, 5) is 23.2. The van der Waals surface area contributed by atoms with Crippen LogP contribution in [-0.4, -0.2) is 28.7 Å². The standard InChI is InChI=1S/C15H18N4O2/c20-14-9-13(18-19-14)10-4-6-11(7-5-10)17-15(21)12-3-1-2-8-16-12/h4-7,9,12,16H,1-3,8H2,(H,17,21)(H2,18,19,20)/t12-/m1/s1. The maximum absolute atomic E-state index is 12.1. The molecule has 3 rings (SSSR count). The van der Waals surface area contributed by atoms with Crippen LogP contribution in [0.1, 0.15) is 19.3 Å². The van der Waals surface area contributed by atoms with Crippen LogP contribution >= 0.6 is 0 Å². The van der Waals surface area contributed by atoms with E-state index in [0.717, 1.165) is 42.8 Å². The molecule has 6 nitrogen and oxygen atoms in total. The number of rotatable bonds is 3. The highest BCUT2D eigenvalue weighted by atomic mass is 16.2. The van der Waals surface area contributed by atoms with Crippen molar-refractivity contribution in [3.8, 4) is 11.3 Å². The average molecular weight is 286 g/mol. The molecule has 0 spiro atoms. The van der Waals surface area contributed by atoms with Gasteiger partial charge in [-0.2, -0.15) is 0 Å². The van der Waals surface area contributed by atoms with E-state index in [0.29, 0.717) is 0 Å². The lowest BCUT2D eigenvalue weighted by molar-refractivity contribution is -0.118. The number of aromatic nitrogens is 2. The van der Waals surface area contributed by atoms with Gasteiger partial charge in [-0.05, 0) is 37.1 Å². The van der Waals surface area contributed by atoms with Gasteiger partial charge < -0.3 is 10.6 Å². The molecule has 0 unspecified atom stereocenters. The summed E-state index contributed by atoms with van der Waals surface area (Å²) >= 11 is 0. The van der Waals surface area contributed by atoms with Gasteiger partial charge in [-0.3, -0.25) is 19.8 Å². The molecule has 0 bridgehead atoms. The van der Waals surface area contributed by atoms with Gasteiger partial charge >= 0.3 is 0 Å². The zero-order valence-electron chi connectivity index (χ0n) is 11.6. The maximum atomic E-state index is 12.1. The van der Waals surface area contributed by atoms with E-state index < -0.39 is 0 Å². The Bertz CT molecular complexity index is 665. The molecular formula is C15H18N4O2. The normalized spacial score (nSPS) is 18.4. The Balaban J connectivity index is 1.66. The fourth-order valence-electron chi connectivity index (χ4n) is 2.53.